The smallest absolute Gasteiger partial charge is 0.248 e. The maximum absolute atomic E-state index is 12.0. The van der Waals surface area contributed by atoms with E-state index in [1.807, 2.05) is 19.1 Å². The monoisotopic (exact) mass is 292 g/mol. The molecule has 1 aromatic heterocycles. The minimum absolute atomic E-state index is 0.0136. The van der Waals surface area contributed by atoms with Gasteiger partial charge in [-0.3, -0.25) is 9.78 Å². The first-order valence-corrected chi connectivity index (χ1v) is 7.50. The zero-order valence-electron chi connectivity index (χ0n) is 12.9. The van der Waals surface area contributed by atoms with Gasteiger partial charge in [-0.2, -0.15) is 0 Å². The molecule has 0 aromatic carbocycles. The molecular formula is C16H24N2O3. The number of amides is 1. The Morgan fingerprint density at radius 3 is 3.10 bits per heavy atom. The second-order valence-electron chi connectivity index (χ2n) is 5.56. The van der Waals surface area contributed by atoms with Crippen LogP contribution in [0.2, 0.25) is 0 Å². The molecule has 5 heteroatoms. The Morgan fingerprint density at radius 2 is 2.38 bits per heavy atom. The minimum atomic E-state index is -0.0136. The first-order valence-electron chi connectivity index (χ1n) is 7.50. The first kappa shape index (κ1) is 15.9. The second-order valence-corrected chi connectivity index (χ2v) is 5.56. The maximum atomic E-state index is 12.0. The molecule has 1 aromatic rings. The number of carbonyl (C=O) groups excluding carboxylic acids is 1. The number of pyridine rings is 1. The summed E-state index contributed by atoms with van der Waals surface area (Å²) in [4.78, 5) is 17.8. The van der Waals surface area contributed by atoms with Crippen LogP contribution >= 0.6 is 0 Å². The Bertz CT molecular complexity index is 459. The van der Waals surface area contributed by atoms with Crippen molar-refractivity contribution in [3.05, 3.63) is 29.6 Å². The van der Waals surface area contributed by atoms with E-state index in [2.05, 4.69) is 4.98 Å². The molecule has 0 N–H and O–H groups in total. The molecule has 21 heavy (non-hydrogen) atoms. The van der Waals surface area contributed by atoms with E-state index >= 15 is 0 Å². The summed E-state index contributed by atoms with van der Waals surface area (Å²) in [6.45, 7) is 3.95. The van der Waals surface area contributed by atoms with Crippen molar-refractivity contribution in [3.8, 4) is 0 Å². The third kappa shape index (κ3) is 5.44. The second kappa shape index (κ2) is 8.10. The molecule has 0 bridgehead atoms. The molecule has 0 spiro atoms. The van der Waals surface area contributed by atoms with Crippen molar-refractivity contribution in [2.75, 3.05) is 26.9 Å². The van der Waals surface area contributed by atoms with E-state index in [1.165, 1.54) is 6.42 Å². The Kier molecular flexibility index (Phi) is 6.14. The van der Waals surface area contributed by atoms with Crippen LogP contribution in [0.4, 0.5) is 0 Å². The van der Waals surface area contributed by atoms with Crippen LogP contribution in [0.3, 0.4) is 0 Å². The summed E-state index contributed by atoms with van der Waals surface area (Å²) < 4.78 is 11.1. The van der Waals surface area contributed by atoms with E-state index < -0.39 is 0 Å². The van der Waals surface area contributed by atoms with Crippen molar-refractivity contribution in [1.29, 1.82) is 0 Å². The van der Waals surface area contributed by atoms with E-state index in [4.69, 9.17) is 9.47 Å². The van der Waals surface area contributed by atoms with Gasteiger partial charge in [-0.15, -0.1) is 0 Å². The third-order valence-electron chi connectivity index (χ3n) is 3.61. The molecule has 2 heterocycles. The molecule has 2 rings (SSSR count). The van der Waals surface area contributed by atoms with Crippen LogP contribution in [-0.2, 0) is 20.8 Å². The summed E-state index contributed by atoms with van der Waals surface area (Å²) in [6.07, 6.45) is 5.26. The average Bonchev–Trinajstić information content (AvgIpc) is 2.48. The molecule has 0 saturated carbocycles. The number of carbonyl (C=O) groups is 1. The summed E-state index contributed by atoms with van der Waals surface area (Å²) in [7, 11) is 1.79. The summed E-state index contributed by atoms with van der Waals surface area (Å²) in [5.41, 5.74) is 2.04. The highest BCUT2D eigenvalue weighted by Crippen LogP contribution is 2.12. The molecule has 1 aliphatic rings. The van der Waals surface area contributed by atoms with Crippen LogP contribution in [0, 0.1) is 6.92 Å². The van der Waals surface area contributed by atoms with Crippen molar-refractivity contribution in [3.63, 3.8) is 0 Å². The van der Waals surface area contributed by atoms with Gasteiger partial charge in [-0.05, 0) is 43.9 Å². The fourth-order valence-corrected chi connectivity index (χ4v) is 2.39. The van der Waals surface area contributed by atoms with Crippen LogP contribution in [0.1, 0.15) is 30.5 Å². The van der Waals surface area contributed by atoms with Crippen LogP contribution in [0.25, 0.3) is 0 Å². The average molecular weight is 292 g/mol. The predicted molar refractivity (Wildman–Crippen MR) is 79.9 cm³/mol. The highest BCUT2D eigenvalue weighted by atomic mass is 16.5. The van der Waals surface area contributed by atoms with E-state index in [0.29, 0.717) is 13.2 Å². The van der Waals surface area contributed by atoms with Gasteiger partial charge in [0, 0.05) is 32.1 Å². The van der Waals surface area contributed by atoms with Gasteiger partial charge in [-0.1, -0.05) is 0 Å². The lowest BCUT2D eigenvalue weighted by atomic mass is 10.1. The summed E-state index contributed by atoms with van der Waals surface area (Å²) in [6, 6.07) is 3.91. The molecule has 1 saturated heterocycles. The molecular weight excluding hydrogens is 268 g/mol. The van der Waals surface area contributed by atoms with Gasteiger partial charge in [0.25, 0.3) is 0 Å². The van der Waals surface area contributed by atoms with Gasteiger partial charge in [-0.25, -0.2) is 0 Å². The summed E-state index contributed by atoms with van der Waals surface area (Å²) in [5.74, 6) is -0.0136. The maximum Gasteiger partial charge on any atom is 0.248 e. The van der Waals surface area contributed by atoms with Gasteiger partial charge in [0.2, 0.25) is 5.91 Å². The van der Waals surface area contributed by atoms with Gasteiger partial charge < -0.3 is 14.4 Å². The van der Waals surface area contributed by atoms with Crippen molar-refractivity contribution in [2.45, 2.75) is 38.8 Å². The minimum Gasteiger partial charge on any atom is -0.376 e. The Labute approximate surface area is 126 Å². The van der Waals surface area contributed by atoms with Crippen molar-refractivity contribution < 1.29 is 14.3 Å². The van der Waals surface area contributed by atoms with Gasteiger partial charge in [0.15, 0.2) is 0 Å². The molecule has 116 valence electrons. The van der Waals surface area contributed by atoms with Crippen LogP contribution in [0.15, 0.2) is 18.3 Å². The highest BCUT2D eigenvalue weighted by molar-refractivity contribution is 5.77. The van der Waals surface area contributed by atoms with E-state index in [9.17, 15) is 4.79 Å². The standard InChI is InChI=1S/C16H24N2O3/c1-13-9-14(6-7-17-13)10-18(2)16(19)12-20-11-15-5-3-4-8-21-15/h6-7,9,15H,3-5,8,10-12H2,1-2H3/t15-/m1/s1. The third-order valence-corrected chi connectivity index (χ3v) is 3.61. The number of aromatic nitrogens is 1. The number of nitrogens with zero attached hydrogens (tertiary/aromatic N) is 2. The van der Waals surface area contributed by atoms with Gasteiger partial charge in [0.1, 0.15) is 6.61 Å². The zero-order chi connectivity index (χ0) is 15.1. The molecule has 1 atom stereocenters. The summed E-state index contributed by atoms with van der Waals surface area (Å²) in [5, 5.41) is 0. The fourth-order valence-electron chi connectivity index (χ4n) is 2.39. The summed E-state index contributed by atoms with van der Waals surface area (Å²) >= 11 is 0. The molecule has 0 aliphatic carbocycles. The SMILES string of the molecule is Cc1cc(CN(C)C(=O)COC[C@H]2CCCCO2)ccn1. The van der Waals surface area contributed by atoms with E-state index in [-0.39, 0.29) is 18.6 Å². The molecule has 0 unspecified atom stereocenters. The van der Waals surface area contributed by atoms with Crippen molar-refractivity contribution >= 4 is 5.91 Å². The lowest BCUT2D eigenvalue weighted by molar-refractivity contribution is -0.137. The van der Waals surface area contributed by atoms with E-state index in [1.54, 1.807) is 18.1 Å². The van der Waals surface area contributed by atoms with Gasteiger partial charge >= 0.3 is 0 Å². The van der Waals surface area contributed by atoms with Crippen molar-refractivity contribution in [1.82, 2.24) is 9.88 Å². The van der Waals surface area contributed by atoms with Crippen molar-refractivity contribution in [2.24, 2.45) is 0 Å². The number of hydrogen-bond acceptors (Lipinski definition) is 4. The molecule has 1 fully saturated rings. The lowest BCUT2D eigenvalue weighted by Gasteiger charge is -2.23. The molecule has 1 aliphatic heterocycles. The number of likely N-dealkylation sites (N-methyl/N-ethyl adjacent to an activating group) is 1. The van der Waals surface area contributed by atoms with Crippen LogP contribution < -0.4 is 0 Å². The normalized spacial score (nSPS) is 18.5. The number of ether oxygens (including phenoxy) is 2. The lowest BCUT2D eigenvalue weighted by Crippen LogP contribution is -2.32. The Balaban J connectivity index is 1.69. The number of hydrogen-bond donors (Lipinski definition) is 0. The largest absolute Gasteiger partial charge is 0.376 e. The molecule has 0 radical (unpaired) electrons. The number of aryl methyl sites for hydroxylation is 1. The first-order chi connectivity index (χ1) is 10.1. The zero-order valence-corrected chi connectivity index (χ0v) is 12.9. The molecule has 1 amide bonds. The van der Waals surface area contributed by atoms with Crippen LogP contribution in [0.5, 0.6) is 0 Å². The Morgan fingerprint density at radius 1 is 1.52 bits per heavy atom. The quantitative estimate of drug-likeness (QED) is 0.804. The number of rotatable bonds is 6. The fraction of sp³-hybridized carbons (Fsp3) is 0.625. The van der Waals surface area contributed by atoms with E-state index in [0.717, 1.165) is 30.7 Å². The predicted octanol–water partition coefficient (Wildman–Crippen LogP) is 1.93. The van der Waals surface area contributed by atoms with Crippen LogP contribution in [-0.4, -0.2) is 48.8 Å². The molecule has 5 nitrogen and oxygen atoms in total. The topological polar surface area (TPSA) is 51.7 Å². The highest BCUT2D eigenvalue weighted by Gasteiger charge is 2.15. The Hall–Kier alpha value is -1.46. The van der Waals surface area contributed by atoms with Gasteiger partial charge in [0.05, 0.1) is 12.7 Å².